The molecule has 7 heteroatoms. The smallest absolute Gasteiger partial charge is 0.255 e. The summed E-state index contributed by atoms with van der Waals surface area (Å²) in [5.74, 6) is 0.0785. The molecule has 2 aromatic heterocycles. The van der Waals surface area contributed by atoms with Crippen LogP contribution in [-0.2, 0) is 11.2 Å². The Morgan fingerprint density at radius 2 is 2.12 bits per heavy atom. The van der Waals surface area contributed by atoms with Gasteiger partial charge >= 0.3 is 0 Å². The SMILES string of the molecule is CCc1nc(C)c([C@H](C)N(C)C(=O)CNC(=O)c2ccoc2C)s1. The first-order valence-corrected chi connectivity index (χ1v) is 8.70. The number of aryl methyl sites for hydroxylation is 3. The number of furan rings is 1. The van der Waals surface area contributed by atoms with Crippen LogP contribution in [0, 0.1) is 13.8 Å². The third-order valence-corrected chi connectivity index (χ3v) is 5.51. The summed E-state index contributed by atoms with van der Waals surface area (Å²) in [6.45, 7) is 7.66. The highest BCUT2D eigenvalue weighted by molar-refractivity contribution is 7.11. The molecule has 2 heterocycles. The van der Waals surface area contributed by atoms with Gasteiger partial charge in [0.2, 0.25) is 5.91 Å². The molecule has 6 nitrogen and oxygen atoms in total. The highest BCUT2D eigenvalue weighted by atomic mass is 32.1. The summed E-state index contributed by atoms with van der Waals surface area (Å²) in [6, 6.07) is 1.51. The fraction of sp³-hybridized carbons (Fsp3) is 0.471. The van der Waals surface area contributed by atoms with Crippen LogP contribution in [0.5, 0.6) is 0 Å². The van der Waals surface area contributed by atoms with Crippen molar-refractivity contribution >= 4 is 23.2 Å². The Balaban J connectivity index is 1.97. The standard InChI is InChI=1S/C17H23N3O3S/c1-6-14-19-10(2)16(24-14)11(3)20(5)15(21)9-18-17(22)13-7-8-23-12(13)4/h7-8,11H,6,9H2,1-5H3,(H,18,22)/t11-/m0/s1. The quantitative estimate of drug-likeness (QED) is 0.870. The molecule has 0 unspecified atom stereocenters. The van der Waals surface area contributed by atoms with Gasteiger partial charge in [0.25, 0.3) is 5.91 Å². The van der Waals surface area contributed by atoms with Crippen LogP contribution in [0.1, 0.15) is 51.6 Å². The number of carbonyl (C=O) groups excluding carboxylic acids is 2. The summed E-state index contributed by atoms with van der Waals surface area (Å²) in [7, 11) is 1.74. The second kappa shape index (κ2) is 7.61. The van der Waals surface area contributed by atoms with Crippen molar-refractivity contribution in [2.24, 2.45) is 0 Å². The average Bonchev–Trinajstić information content (AvgIpc) is 3.16. The fourth-order valence-electron chi connectivity index (χ4n) is 2.39. The van der Waals surface area contributed by atoms with Crippen LogP contribution >= 0.6 is 11.3 Å². The number of hydrogen-bond donors (Lipinski definition) is 1. The van der Waals surface area contributed by atoms with Gasteiger partial charge in [-0.1, -0.05) is 6.92 Å². The molecule has 0 aliphatic heterocycles. The number of nitrogens with zero attached hydrogens (tertiary/aromatic N) is 2. The second-order valence-electron chi connectivity index (χ2n) is 5.66. The molecule has 2 amide bonds. The van der Waals surface area contributed by atoms with Gasteiger partial charge in [0.05, 0.1) is 35.1 Å². The number of aromatic nitrogens is 1. The summed E-state index contributed by atoms with van der Waals surface area (Å²) < 4.78 is 5.10. The Hall–Kier alpha value is -2.15. The van der Waals surface area contributed by atoms with Crippen LogP contribution in [0.15, 0.2) is 16.7 Å². The molecule has 130 valence electrons. The van der Waals surface area contributed by atoms with Crippen molar-refractivity contribution in [1.29, 1.82) is 0 Å². The lowest BCUT2D eigenvalue weighted by molar-refractivity contribution is -0.130. The summed E-state index contributed by atoms with van der Waals surface area (Å²) in [6.07, 6.45) is 2.34. The van der Waals surface area contributed by atoms with E-state index in [0.717, 1.165) is 22.0 Å². The zero-order valence-electron chi connectivity index (χ0n) is 14.7. The highest BCUT2D eigenvalue weighted by Gasteiger charge is 2.22. The fourth-order valence-corrected chi connectivity index (χ4v) is 3.50. The van der Waals surface area contributed by atoms with Gasteiger partial charge < -0.3 is 14.6 Å². The molecule has 0 fully saturated rings. The van der Waals surface area contributed by atoms with Gasteiger partial charge in [-0.25, -0.2) is 4.98 Å². The third kappa shape index (κ3) is 3.84. The third-order valence-electron chi connectivity index (χ3n) is 4.04. The van der Waals surface area contributed by atoms with Crippen molar-refractivity contribution in [3.8, 4) is 0 Å². The van der Waals surface area contributed by atoms with Crippen molar-refractivity contribution < 1.29 is 14.0 Å². The Kier molecular flexibility index (Phi) is 5.77. The summed E-state index contributed by atoms with van der Waals surface area (Å²) in [5.41, 5.74) is 1.41. The molecule has 0 radical (unpaired) electrons. The van der Waals surface area contributed by atoms with Gasteiger partial charge in [0, 0.05) is 11.9 Å². The van der Waals surface area contributed by atoms with Gasteiger partial charge in [-0.3, -0.25) is 9.59 Å². The monoisotopic (exact) mass is 349 g/mol. The first-order valence-electron chi connectivity index (χ1n) is 7.89. The van der Waals surface area contributed by atoms with Gasteiger partial charge in [-0.05, 0) is 33.3 Å². The van der Waals surface area contributed by atoms with E-state index >= 15 is 0 Å². The highest BCUT2D eigenvalue weighted by Crippen LogP contribution is 2.28. The number of thiazole rings is 1. The molecule has 2 rings (SSSR count). The Bertz CT molecular complexity index is 735. The van der Waals surface area contributed by atoms with Gasteiger partial charge in [-0.2, -0.15) is 0 Å². The maximum atomic E-state index is 12.4. The summed E-state index contributed by atoms with van der Waals surface area (Å²) in [4.78, 5) is 31.7. The lowest BCUT2D eigenvalue weighted by Crippen LogP contribution is -2.39. The molecule has 0 spiro atoms. The van der Waals surface area contributed by atoms with E-state index in [9.17, 15) is 9.59 Å². The number of rotatable bonds is 6. The maximum absolute atomic E-state index is 12.4. The van der Waals surface area contributed by atoms with Gasteiger partial charge in [-0.15, -0.1) is 11.3 Å². The molecule has 0 bridgehead atoms. The van der Waals surface area contributed by atoms with E-state index in [0.29, 0.717) is 11.3 Å². The zero-order valence-corrected chi connectivity index (χ0v) is 15.5. The van der Waals surface area contributed by atoms with Crippen LogP contribution in [0.2, 0.25) is 0 Å². The second-order valence-corrected chi connectivity index (χ2v) is 6.78. The summed E-state index contributed by atoms with van der Waals surface area (Å²) >= 11 is 1.63. The first kappa shape index (κ1) is 18.2. The number of nitrogens with one attached hydrogen (secondary N) is 1. The molecular weight excluding hydrogens is 326 g/mol. The predicted molar refractivity (Wildman–Crippen MR) is 93.2 cm³/mol. The maximum Gasteiger partial charge on any atom is 0.255 e. The van der Waals surface area contributed by atoms with Gasteiger partial charge in [0.1, 0.15) is 5.76 Å². The van der Waals surface area contributed by atoms with E-state index in [-0.39, 0.29) is 24.4 Å². The van der Waals surface area contributed by atoms with Crippen molar-refractivity contribution in [3.05, 3.63) is 39.2 Å². The number of hydrogen-bond acceptors (Lipinski definition) is 5. The van der Waals surface area contributed by atoms with E-state index in [4.69, 9.17) is 4.42 Å². The summed E-state index contributed by atoms with van der Waals surface area (Å²) in [5, 5.41) is 3.71. The first-order chi connectivity index (χ1) is 11.3. The molecule has 1 atom stereocenters. The molecule has 0 aromatic carbocycles. The zero-order chi connectivity index (χ0) is 17.9. The van der Waals surface area contributed by atoms with Crippen molar-refractivity contribution in [3.63, 3.8) is 0 Å². The van der Waals surface area contributed by atoms with Crippen LogP contribution in [0.3, 0.4) is 0 Å². The lowest BCUT2D eigenvalue weighted by Gasteiger charge is -2.24. The van der Waals surface area contributed by atoms with E-state index < -0.39 is 0 Å². The minimum atomic E-state index is -0.308. The number of amides is 2. The predicted octanol–water partition coefficient (Wildman–Crippen LogP) is 2.86. The van der Waals surface area contributed by atoms with E-state index in [1.807, 2.05) is 13.8 Å². The molecule has 0 saturated carbocycles. The molecule has 0 aliphatic rings. The van der Waals surface area contributed by atoms with Crippen LogP contribution in [0.4, 0.5) is 0 Å². The minimum Gasteiger partial charge on any atom is -0.469 e. The van der Waals surface area contributed by atoms with Crippen molar-refractivity contribution in [1.82, 2.24) is 15.2 Å². The van der Waals surface area contributed by atoms with Crippen molar-refractivity contribution in [2.75, 3.05) is 13.6 Å². The lowest BCUT2D eigenvalue weighted by atomic mass is 10.2. The number of carbonyl (C=O) groups is 2. The molecule has 0 aliphatic carbocycles. The van der Waals surface area contributed by atoms with E-state index in [1.54, 1.807) is 36.3 Å². The van der Waals surface area contributed by atoms with Crippen LogP contribution in [-0.4, -0.2) is 35.3 Å². The molecular formula is C17H23N3O3S. The Morgan fingerprint density at radius 1 is 1.42 bits per heavy atom. The van der Waals surface area contributed by atoms with Crippen molar-refractivity contribution in [2.45, 2.75) is 40.2 Å². The van der Waals surface area contributed by atoms with Crippen LogP contribution in [0.25, 0.3) is 0 Å². The number of likely N-dealkylation sites (N-methyl/N-ethyl adjacent to an activating group) is 1. The van der Waals surface area contributed by atoms with Crippen LogP contribution < -0.4 is 5.32 Å². The molecule has 2 aromatic rings. The largest absolute Gasteiger partial charge is 0.469 e. The minimum absolute atomic E-state index is 0.0528. The molecule has 24 heavy (non-hydrogen) atoms. The Morgan fingerprint density at radius 3 is 2.67 bits per heavy atom. The average molecular weight is 349 g/mol. The molecule has 1 N–H and O–H groups in total. The van der Waals surface area contributed by atoms with Gasteiger partial charge in [0.15, 0.2) is 0 Å². The van der Waals surface area contributed by atoms with E-state index in [2.05, 4.69) is 17.2 Å². The van der Waals surface area contributed by atoms with E-state index in [1.165, 1.54) is 6.26 Å². The topological polar surface area (TPSA) is 75.4 Å². The Labute approximate surface area is 145 Å². The normalized spacial score (nSPS) is 12.0. The molecule has 0 saturated heterocycles.